The van der Waals surface area contributed by atoms with Crippen molar-refractivity contribution in [3.63, 3.8) is 0 Å². The van der Waals surface area contributed by atoms with Crippen LogP contribution in [0.4, 0.5) is 8.78 Å². The Kier molecular flexibility index (Phi) is 3.75. The lowest BCUT2D eigenvalue weighted by Gasteiger charge is -2.28. The number of rotatable bonds is 2. The number of halogens is 3. The van der Waals surface area contributed by atoms with Crippen LogP contribution in [0.2, 0.25) is 5.02 Å². The lowest BCUT2D eigenvalue weighted by atomic mass is 10.0. The minimum atomic E-state index is -4.21. The standard InChI is InChI=1S/C15H11ClF2N4O2S/c16-11-3-13(18)14(4-12(11)17)25(23,24)22-2-1-9-8(7-22)5-19-15-10(9)6-20-21-15/h3-6H,1-2,7H2,(H,19,20,21). The number of sulfonamides is 1. The fourth-order valence-corrected chi connectivity index (χ4v) is 4.60. The Balaban J connectivity index is 1.74. The number of hydrogen-bond acceptors (Lipinski definition) is 4. The van der Waals surface area contributed by atoms with Crippen molar-refractivity contribution in [2.24, 2.45) is 0 Å². The van der Waals surface area contributed by atoms with Gasteiger partial charge >= 0.3 is 0 Å². The number of hydrogen-bond donors (Lipinski definition) is 1. The maximum absolute atomic E-state index is 14.1. The van der Waals surface area contributed by atoms with Crippen molar-refractivity contribution in [2.75, 3.05) is 6.54 Å². The van der Waals surface area contributed by atoms with E-state index in [0.29, 0.717) is 29.8 Å². The summed E-state index contributed by atoms with van der Waals surface area (Å²) in [5.41, 5.74) is 2.28. The van der Waals surface area contributed by atoms with E-state index in [0.717, 1.165) is 15.3 Å². The van der Waals surface area contributed by atoms with Crippen LogP contribution in [0, 0.1) is 11.6 Å². The summed E-state index contributed by atoms with van der Waals surface area (Å²) in [5, 5.41) is 7.06. The third-order valence-corrected chi connectivity index (χ3v) is 6.38. The second-order valence-electron chi connectivity index (χ2n) is 5.68. The van der Waals surface area contributed by atoms with Crippen molar-refractivity contribution in [1.82, 2.24) is 19.5 Å². The second-order valence-corrected chi connectivity index (χ2v) is 7.99. The minimum absolute atomic E-state index is 0.0233. The monoisotopic (exact) mass is 384 g/mol. The van der Waals surface area contributed by atoms with Crippen molar-refractivity contribution in [1.29, 1.82) is 0 Å². The van der Waals surface area contributed by atoms with E-state index in [1.807, 2.05) is 0 Å². The first-order valence-corrected chi connectivity index (χ1v) is 9.14. The molecule has 130 valence electrons. The third-order valence-electron chi connectivity index (χ3n) is 4.23. The molecular weight excluding hydrogens is 374 g/mol. The van der Waals surface area contributed by atoms with E-state index in [1.54, 1.807) is 12.4 Å². The summed E-state index contributed by atoms with van der Waals surface area (Å²) in [6.45, 7) is 0.165. The molecule has 0 saturated heterocycles. The first-order chi connectivity index (χ1) is 11.9. The molecule has 0 saturated carbocycles. The highest BCUT2D eigenvalue weighted by Crippen LogP contribution is 2.30. The van der Waals surface area contributed by atoms with Crippen molar-refractivity contribution in [2.45, 2.75) is 17.9 Å². The molecule has 3 heterocycles. The molecule has 0 amide bonds. The zero-order valence-corrected chi connectivity index (χ0v) is 14.2. The maximum atomic E-state index is 14.1. The van der Waals surface area contributed by atoms with Crippen molar-refractivity contribution < 1.29 is 17.2 Å². The summed E-state index contributed by atoms with van der Waals surface area (Å²) < 4.78 is 54.3. The number of H-pyrrole nitrogens is 1. The van der Waals surface area contributed by atoms with Crippen LogP contribution in [0.5, 0.6) is 0 Å². The molecule has 2 aromatic heterocycles. The number of nitrogens with one attached hydrogen (secondary N) is 1. The third kappa shape index (κ3) is 2.59. The highest BCUT2D eigenvalue weighted by atomic mass is 35.5. The summed E-state index contributed by atoms with van der Waals surface area (Å²) in [7, 11) is -4.21. The summed E-state index contributed by atoms with van der Waals surface area (Å²) in [6.07, 6.45) is 3.63. The number of aromatic amines is 1. The van der Waals surface area contributed by atoms with Crippen LogP contribution in [0.3, 0.4) is 0 Å². The van der Waals surface area contributed by atoms with E-state index >= 15 is 0 Å². The quantitative estimate of drug-likeness (QED) is 0.689. The van der Waals surface area contributed by atoms with Crippen LogP contribution < -0.4 is 0 Å². The molecule has 0 unspecified atom stereocenters. The van der Waals surface area contributed by atoms with Crippen molar-refractivity contribution in [3.8, 4) is 0 Å². The predicted molar refractivity (Wildman–Crippen MR) is 86.6 cm³/mol. The van der Waals surface area contributed by atoms with Gasteiger partial charge in [-0.2, -0.15) is 9.40 Å². The van der Waals surface area contributed by atoms with Gasteiger partial charge in [0.05, 0.1) is 11.2 Å². The zero-order valence-electron chi connectivity index (χ0n) is 12.6. The van der Waals surface area contributed by atoms with Crippen LogP contribution in [0.25, 0.3) is 11.0 Å². The summed E-state index contributed by atoms with van der Waals surface area (Å²) in [4.78, 5) is 3.47. The van der Waals surface area contributed by atoms with Crippen LogP contribution >= 0.6 is 11.6 Å². The van der Waals surface area contributed by atoms with Gasteiger partial charge in [-0.15, -0.1) is 0 Å². The maximum Gasteiger partial charge on any atom is 0.246 e. The van der Waals surface area contributed by atoms with Gasteiger partial charge < -0.3 is 0 Å². The summed E-state index contributed by atoms with van der Waals surface area (Å²) in [6, 6.07) is 1.28. The van der Waals surface area contributed by atoms with Gasteiger partial charge in [0.2, 0.25) is 10.0 Å². The fraction of sp³-hybridized carbons (Fsp3) is 0.200. The molecule has 1 aliphatic rings. The molecule has 0 bridgehead atoms. The molecule has 10 heteroatoms. The Bertz CT molecular complexity index is 1100. The zero-order chi connectivity index (χ0) is 17.8. The molecule has 1 N–H and O–H groups in total. The number of pyridine rings is 1. The van der Waals surface area contributed by atoms with Crippen molar-refractivity contribution >= 4 is 32.7 Å². The smallest absolute Gasteiger partial charge is 0.246 e. The molecule has 0 spiro atoms. The second kappa shape index (κ2) is 5.72. The largest absolute Gasteiger partial charge is 0.261 e. The normalized spacial score (nSPS) is 15.5. The Morgan fingerprint density at radius 1 is 1.20 bits per heavy atom. The summed E-state index contributed by atoms with van der Waals surface area (Å²) >= 11 is 5.49. The molecule has 0 atom stereocenters. The van der Waals surface area contributed by atoms with E-state index in [-0.39, 0.29) is 13.1 Å². The van der Waals surface area contributed by atoms with Crippen LogP contribution in [0.15, 0.2) is 29.4 Å². The van der Waals surface area contributed by atoms with Gasteiger partial charge in [0.25, 0.3) is 0 Å². The number of aromatic nitrogens is 3. The van der Waals surface area contributed by atoms with E-state index in [2.05, 4.69) is 15.2 Å². The molecule has 1 aromatic carbocycles. The van der Waals surface area contributed by atoms with E-state index in [4.69, 9.17) is 11.6 Å². The predicted octanol–water partition coefficient (Wildman–Crippen LogP) is 2.64. The molecule has 25 heavy (non-hydrogen) atoms. The lowest BCUT2D eigenvalue weighted by molar-refractivity contribution is 0.388. The number of fused-ring (bicyclic) bond motifs is 3. The van der Waals surface area contributed by atoms with Gasteiger partial charge in [0.15, 0.2) is 5.65 Å². The lowest BCUT2D eigenvalue weighted by Crippen LogP contribution is -2.36. The van der Waals surface area contributed by atoms with Crippen LogP contribution in [0.1, 0.15) is 11.1 Å². The van der Waals surface area contributed by atoms with Crippen LogP contribution in [-0.4, -0.2) is 34.4 Å². The highest BCUT2D eigenvalue weighted by Gasteiger charge is 2.32. The van der Waals surface area contributed by atoms with Gasteiger partial charge in [-0.05, 0) is 29.7 Å². The average Bonchev–Trinajstić information content (AvgIpc) is 3.06. The fourth-order valence-electron chi connectivity index (χ4n) is 2.98. The van der Waals surface area contributed by atoms with Gasteiger partial charge in [-0.25, -0.2) is 22.2 Å². The van der Waals surface area contributed by atoms with Gasteiger partial charge in [0, 0.05) is 24.7 Å². The van der Waals surface area contributed by atoms with Gasteiger partial charge in [-0.1, -0.05) is 11.6 Å². The Morgan fingerprint density at radius 2 is 2.00 bits per heavy atom. The first kappa shape index (κ1) is 16.4. The highest BCUT2D eigenvalue weighted by molar-refractivity contribution is 7.89. The molecule has 1 aliphatic heterocycles. The van der Waals surface area contributed by atoms with Gasteiger partial charge in [0.1, 0.15) is 16.5 Å². The first-order valence-electron chi connectivity index (χ1n) is 7.32. The van der Waals surface area contributed by atoms with Gasteiger partial charge in [-0.3, -0.25) is 5.10 Å². The van der Waals surface area contributed by atoms with Crippen LogP contribution in [-0.2, 0) is 23.0 Å². The SMILES string of the molecule is O=S(=O)(c1cc(F)c(Cl)cc1F)N1CCc2c(cnc3[nH]ncc23)C1. The minimum Gasteiger partial charge on any atom is -0.261 e. The Morgan fingerprint density at radius 3 is 2.80 bits per heavy atom. The topological polar surface area (TPSA) is 79.0 Å². The molecule has 0 radical (unpaired) electrons. The molecule has 3 aromatic rings. The number of benzene rings is 1. The summed E-state index contributed by atoms with van der Waals surface area (Å²) in [5.74, 6) is -2.07. The number of nitrogens with zero attached hydrogens (tertiary/aromatic N) is 3. The average molecular weight is 385 g/mol. The molecule has 4 rings (SSSR count). The van der Waals surface area contributed by atoms with E-state index < -0.39 is 31.6 Å². The molecule has 0 aliphatic carbocycles. The molecule has 0 fully saturated rings. The Labute approximate surface area is 146 Å². The Hall–Kier alpha value is -2.10. The molecular formula is C15H11ClF2N4O2S. The van der Waals surface area contributed by atoms with E-state index in [1.165, 1.54) is 0 Å². The van der Waals surface area contributed by atoms with Crippen molar-refractivity contribution in [3.05, 3.63) is 52.3 Å². The van der Waals surface area contributed by atoms with E-state index in [9.17, 15) is 17.2 Å². The molecule has 6 nitrogen and oxygen atoms in total.